The Kier molecular flexibility index (Phi) is 11.8. The molecule has 0 radical (unpaired) electrons. The molecule has 1 N–H and O–H groups in total. The molecule has 0 amide bonds. The van der Waals surface area contributed by atoms with Gasteiger partial charge < -0.3 is 5.11 Å². The van der Waals surface area contributed by atoms with E-state index in [2.05, 4.69) is 34.7 Å². The fraction of sp³-hybridized carbons (Fsp3) is 0.800. The number of hydrogen-bond donors (Lipinski definition) is 1. The Morgan fingerprint density at radius 3 is 2.25 bits per heavy atom. The number of aliphatic hydroxyl groups excluding tert-OH is 1. The Balaban J connectivity index is 2.90. The first-order valence-corrected chi connectivity index (χ1v) is 6.26. The molecule has 1 nitrogen and oxygen atoms in total. The van der Waals surface area contributed by atoms with Crippen molar-refractivity contribution in [3.63, 3.8) is 0 Å². The molecule has 0 fully saturated rings. The van der Waals surface area contributed by atoms with E-state index in [-0.39, 0.29) is 6.61 Å². The minimum Gasteiger partial charge on any atom is -0.396 e. The molecule has 72 valence electrons. The SMILES string of the molecule is OCC/C=C\CCCCCCI. The van der Waals surface area contributed by atoms with Crippen molar-refractivity contribution >= 4 is 22.6 Å². The average Bonchev–Trinajstić information content (AvgIpc) is 2.10. The van der Waals surface area contributed by atoms with E-state index in [0.717, 1.165) is 6.42 Å². The molecule has 0 aromatic rings. The zero-order chi connectivity index (χ0) is 9.07. The second kappa shape index (κ2) is 11.4. The lowest BCUT2D eigenvalue weighted by atomic mass is 10.1. The van der Waals surface area contributed by atoms with Gasteiger partial charge in [0.15, 0.2) is 0 Å². The molecule has 0 aliphatic rings. The van der Waals surface area contributed by atoms with E-state index < -0.39 is 0 Å². The molecule has 0 unspecified atom stereocenters. The number of hydrogen-bond acceptors (Lipinski definition) is 1. The number of rotatable bonds is 8. The van der Waals surface area contributed by atoms with Crippen molar-refractivity contribution in [2.24, 2.45) is 0 Å². The standard InChI is InChI=1S/C10H19IO/c11-9-7-5-3-1-2-4-6-8-10-12/h4,6,12H,1-3,5,7-10H2/b6-4-. The first-order chi connectivity index (χ1) is 5.91. The van der Waals surface area contributed by atoms with E-state index in [9.17, 15) is 0 Å². The quantitative estimate of drug-likeness (QED) is 0.313. The monoisotopic (exact) mass is 282 g/mol. The molecule has 0 aromatic heterocycles. The summed E-state index contributed by atoms with van der Waals surface area (Å²) < 4.78 is 1.29. The number of halogens is 1. The van der Waals surface area contributed by atoms with Crippen LogP contribution in [0, 0.1) is 0 Å². The van der Waals surface area contributed by atoms with Crippen LogP contribution < -0.4 is 0 Å². The van der Waals surface area contributed by atoms with Gasteiger partial charge in [-0.25, -0.2) is 0 Å². The lowest BCUT2D eigenvalue weighted by Gasteiger charge is -1.95. The summed E-state index contributed by atoms with van der Waals surface area (Å²) in [7, 11) is 0. The molecule has 0 bridgehead atoms. The van der Waals surface area contributed by atoms with Gasteiger partial charge in [-0.3, -0.25) is 0 Å². The van der Waals surface area contributed by atoms with Crippen LogP contribution in [0.2, 0.25) is 0 Å². The topological polar surface area (TPSA) is 20.2 Å². The molecule has 2 heteroatoms. The van der Waals surface area contributed by atoms with Crippen LogP contribution in [0.4, 0.5) is 0 Å². The van der Waals surface area contributed by atoms with Gasteiger partial charge in [-0.05, 0) is 30.1 Å². The maximum absolute atomic E-state index is 8.49. The second-order valence-corrected chi connectivity index (χ2v) is 3.95. The third-order valence-corrected chi connectivity index (χ3v) is 2.48. The number of alkyl halides is 1. The van der Waals surface area contributed by atoms with Crippen molar-refractivity contribution in [3.05, 3.63) is 12.2 Å². The highest BCUT2D eigenvalue weighted by molar-refractivity contribution is 14.1. The van der Waals surface area contributed by atoms with Crippen molar-refractivity contribution < 1.29 is 5.11 Å². The Labute approximate surface area is 89.4 Å². The third kappa shape index (κ3) is 10.4. The van der Waals surface area contributed by atoms with Crippen molar-refractivity contribution in [1.82, 2.24) is 0 Å². The van der Waals surface area contributed by atoms with E-state index in [1.807, 2.05) is 0 Å². The van der Waals surface area contributed by atoms with Crippen LogP contribution in [0.15, 0.2) is 12.2 Å². The summed E-state index contributed by atoms with van der Waals surface area (Å²) in [6, 6.07) is 0. The highest BCUT2D eigenvalue weighted by Gasteiger charge is 1.86. The van der Waals surface area contributed by atoms with Gasteiger partial charge in [-0.15, -0.1) is 0 Å². The van der Waals surface area contributed by atoms with Crippen molar-refractivity contribution in [1.29, 1.82) is 0 Å². The Hall–Kier alpha value is 0.430. The maximum atomic E-state index is 8.49. The van der Waals surface area contributed by atoms with E-state index in [1.165, 1.54) is 36.5 Å². The Morgan fingerprint density at radius 1 is 0.917 bits per heavy atom. The fourth-order valence-electron chi connectivity index (χ4n) is 1.02. The van der Waals surface area contributed by atoms with Crippen LogP contribution in [-0.4, -0.2) is 16.1 Å². The summed E-state index contributed by atoms with van der Waals surface area (Å²) in [5, 5.41) is 8.49. The molecule has 0 saturated carbocycles. The second-order valence-electron chi connectivity index (χ2n) is 2.88. The average molecular weight is 282 g/mol. The van der Waals surface area contributed by atoms with Crippen LogP contribution >= 0.6 is 22.6 Å². The highest BCUT2D eigenvalue weighted by atomic mass is 127. The van der Waals surface area contributed by atoms with Gasteiger partial charge >= 0.3 is 0 Å². The van der Waals surface area contributed by atoms with Gasteiger partial charge in [0.2, 0.25) is 0 Å². The van der Waals surface area contributed by atoms with Crippen molar-refractivity contribution in [2.75, 3.05) is 11.0 Å². The predicted molar refractivity (Wildman–Crippen MR) is 62.8 cm³/mol. The molecule has 0 aliphatic heterocycles. The van der Waals surface area contributed by atoms with E-state index in [0.29, 0.717) is 0 Å². The molecule has 0 heterocycles. The van der Waals surface area contributed by atoms with Crippen LogP contribution in [0.3, 0.4) is 0 Å². The zero-order valence-corrected chi connectivity index (χ0v) is 9.79. The predicted octanol–water partition coefficient (Wildman–Crippen LogP) is 3.31. The zero-order valence-electron chi connectivity index (χ0n) is 7.64. The first-order valence-electron chi connectivity index (χ1n) is 4.73. The molecule has 0 saturated heterocycles. The summed E-state index contributed by atoms with van der Waals surface area (Å²) in [5.41, 5.74) is 0. The van der Waals surface area contributed by atoms with Crippen LogP contribution in [0.5, 0.6) is 0 Å². The van der Waals surface area contributed by atoms with Gasteiger partial charge in [-0.2, -0.15) is 0 Å². The van der Waals surface area contributed by atoms with Crippen LogP contribution in [-0.2, 0) is 0 Å². The molecule has 0 rings (SSSR count). The van der Waals surface area contributed by atoms with Crippen molar-refractivity contribution in [3.8, 4) is 0 Å². The van der Waals surface area contributed by atoms with Crippen molar-refractivity contribution in [2.45, 2.75) is 38.5 Å². The smallest absolute Gasteiger partial charge is 0.0465 e. The van der Waals surface area contributed by atoms with Gasteiger partial charge in [-0.1, -0.05) is 47.6 Å². The van der Waals surface area contributed by atoms with Gasteiger partial charge in [0, 0.05) is 6.61 Å². The molecule has 12 heavy (non-hydrogen) atoms. The molecule has 0 spiro atoms. The molecule has 0 aromatic carbocycles. The van der Waals surface area contributed by atoms with E-state index in [4.69, 9.17) is 5.11 Å². The summed E-state index contributed by atoms with van der Waals surface area (Å²) in [5.74, 6) is 0. The Bertz CT molecular complexity index is 102. The van der Waals surface area contributed by atoms with Gasteiger partial charge in [0.1, 0.15) is 0 Å². The highest BCUT2D eigenvalue weighted by Crippen LogP contribution is 2.05. The van der Waals surface area contributed by atoms with E-state index >= 15 is 0 Å². The fourth-order valence-corrected chi connectivity index (χ4v) is 1.56. The molecular formula is C10H19IO. The van der Waals surface area contributed by atoms with Crippen LogP contribution in [0.25, 0.3) is 0 Å². The van der Waals surface area contributed by atoms with Crippen LogP contribution in [0.1, 0.15) is 38.5 Å². The molecule has 0 aliphatic carbocycles. The van der Waals surface area contributed by atoms with Gasteiger partial charge in [0.25, 0.3) is 0 Å². The van der Waals surface area contributed by atoms with E-state index in [1.54, 1.807) is 0 Å². The molecule has 0 atom stereocenters. The summed E-state index contributed by atoms with van der Waals surface area (Å²) in [6.07, 6.45) is 11.6. The number of unbranched alkanes of at least 4 members (excludes halogenated alkanes) is 4. The normalized spacial score (nSPS) is 11.2. The lowest BCUT2D eigenvalue weighted by Crippen LogP contribution is -1.78. The minimum absolute atomic E-state index is 0.283. The summed E-state index contributed by atoms with van der Waals surface area (Å²) in [4.78, 5) is 0. The summed E-state index contributed by atoms with van der Waals surface area (Å²) in [6.45, 7) is 0.283. The third-order valence-electron chi connectivity index (χ3n) is 1.72. The largest absolute Gasteiger partial charge is 0.396 e. The first kappa shape index (κ1) is 12.4. The van der Waals surface area contributed by atoms with Gasteiger partial charge in [0.05, 0.1) is 0 Å². The Morgan fingerprint density at radius 2 is 1.58 bits per heavy atom. The number of aliphatic hydroxyl groups is 1. The lowest BCUT2D eigenvalue weighted by molar-refractivity contribution is 0.302. The number of allylic oxidation sites excluding steroid dienone is 1. The maximum Gasteiger partial charge on any atom is 0.0465 e. The molecular weight excluding hydrogens is 263 g/mol. The minimum atomic E-state index is 0.283. The summed E-state index contributed by atoms with van der Waals surface area (Å²) >= 11 is 2.43.